The summed E-state index contributed by atoms with van der Waals surface area (Å²) in [5, 5.41) is -0.401. The van der Waals surface area contributed by atoms with E-state index in [9.17, 15) is 8.42 Å². The maximum atomic E-state index is 11.9. The van der Waals surface area contributed by atoms with Gasteiger partial charge in [0.2, 0.25) is 0 Å². The van der Waals surface area contributed by atoms with E-state index in [1.54, 1.807) is 0 Å². The lowest BCUT2D eigenvalue weighted by Crippen LogP contribution is -2.08. The van der Waals surface area contributed by atoms with Crippen LogP contribution in [0.25, 0.3) is 5.65 Å². The Kier molecular flexibility index (Phi) is 2.26. The molecule has 17 heavy (non-hydrogen) atoms. The highest BCUT2D eigenvalue weighted by atomic mass is 32.2. The maximum absolute atomic E-state index is 11.9. The molecule has 3 rings (SSSR count). The second-order valence-corrected chi connectivity index (χ2v) is 6.86. The van der Waals surface area contributed by atoms with Crippen molar-refractivity contribution in [2.75, 3.05) is 5.75 Å². The Morgan fingerprint density at radius 2 is 2.24 bits per heavy atom. The van der Waals surface area contributed by atoms with Gasteiger partial charge in [0.15, 0.2) is 9.84 Å². The Morgan fingerprint density at radius 1 is 1.41 bits per heavy atom. The molecule has 0 saturated carbocycles. The molecule has 1 saturated heterocycles. The zero-order valence-electron chi connectivity index (χ0n) is 9.63. The first-order valence-electron chi connectivity index (χ1n) is 5.74. The van der Waals surface area contributed by atoms with Crippen LogP contribution < -0.4 is 0 Å². The maximum Gasteiger partial charge on any atom is 0.158 e. The minimum Gasteiger partial charge on any atom is -0.304 e. The first-order chi connectivity index (χ1) is 8.08. The molecule has 0 radical (unpaired) electrons. The molecule has 0 N–H and O–H groups in total. The average molecular weight is 250 g/mol. The Bertz CT molecular complexity index is 673. The van der Waals surface area contributed by atoms with E-state index in [1.165, 1.54) is 0 Å². The molecular formula is C12H14N2O2S. The fraction of sp³-hybridized carbons (Fsp3) is 0.417. The number of hydrogen-bond acceptors (Lipinski definition) is 3. The summed E-state index contributed by atoms with van der Waals surface area (Å²) < 4.78 is 25.7. The van der Waals surface area contributed by atoms with E-state index in [-0.39, 0.29) is 0 Å². The number of rotatable bonds is 1. The van der Waals surface area contributed by atoms with Crippen molar-refractivity contribution in [2.45, 2.75) is 25.0 Å². The third-order valence-electron chi connectivity index (χ3n) is 3.37. The Hall–Kier alpha value is -1.36. The molecule has 1 atom stereocenters. The van der Waals surface area contributed by atoms with Gasteiger partial charge in [-0.05, 0) is 31.9 Å². The Morgan fingerprint density at radius 3 is 2.88 bits per heavy atom. The largest absolute Gasteiger partial charge is 0.304 e. The van der Waals surface area contributed by atoms with Crippen LogP contribution in [0, 0.1) is 6.92 Å². The van der Waals surface area contributed by atoms with Gasteiger partial charge in [0.25, 0.3) is 0 Å². The first-order valence-corrected chi connectivity index (χ1v) is 7.46. The standard InChI is InChI=1S/C12H14N2O2S/c1-9-4-2-6-12-13-10(8-14(9)12)11-5-3-7-17(11,15)16/h2,4,6,8,11H,3,5,7H2,1H3. The van der Waals surface area contributed by atoms with Crippen LogP contribution in [0.4, 0.5) is 0 Å². The van der Waals surface area contributed by atoms with Crippen LogP contribution >= 0.6 is 0 Å². The molecule has 0 aromatic carbocycles. The molecule has 0 spiro atoms. The van der Waals surface area contributed by atoms with E-state index in [0.717, 1.165) is 17.8 Å². The summed E-state index contributed by atoms with van der Waals surface area (Å²) in [6.07, 6.45) is 3.31. The van der Waals surface area contributed by atoms with Gasteiger partial charge in [-0.3, -0.25) is 0 Å². The molecule has 1 aliphatic heterocycles. The molecule has 1 unspecified atom stereocenters. The summed E-state index contributed by atoms with van der Waals surface area (Å²) in [7, 11) is -2.98. The molecule has 90 valence electrons. The van der Waals surface area contributed by atoms with Gasteiger partial charge < -0.3 is 4.40 Å². The predicted molar refractivity (Wildman–Crippen MR) is 65.7 cm³/mol. The number of hydrogen-bond donors (Lipinski definition) is 0. The molecule has 0 aliphatic carbocycles. The van der Waals surface area contributed by atoms with Crippen molar-refractivity contribution >= 4 is 15.5 Å². The van der Waals surface area contributed by atoms with Gasteiger partial charge in [-0.15, -0.1) is 0 Å². The van der Waals surface area contributed by atoms with Crippen LogP contribution in [-0.4, -0.2) is 23.6 Å². The number of aromatic nitrogens is 2. The molecule has 5 heteroatoms. The zero-order valence-corrected chi connectivity index (χ0v) is 10.4. The Labute approximate surface area is 100 Å². The first kappa shape index (κ1) is 10.8. The van der Waals surface area contributed by atoms with Crippen molar-refractivity contribution in [1.29, 1.82) is 0 Å². The minimum atomic E-state index is -2.98. The molecule has 1 aliphatic rings. The summed E-state index contributed by atoms with van der Waals surface area (Å²) in [6.45, 7) is 1.99. The van der Waals surface area contributed by atoms with Gasteiger partial charge in [0, 0.05) is 11.9 Å². The van der Waals surface area contributed by atoms with Crippen molar-refractivity contribution in [3.63, 3.8) is 0 Å². The number of nitrogens with zero attached hydrogens (tertiary/aromatic N) is 2. The van der Waals surface area contributed by atoms with E-state index in [1.807, 2.05) is 35.7 Å². The van der Waals surface area contributed by atoms with Crippen molar-refractivity contribution in [3.05, 3.63) is 35.8 Å². The third-order valence-corrected chi connectivity index (χ3v) is 5.57. The van der Waals surface area contributed by atoms with Crippen LogP contribution in [-0.2, 0) is 9.84 Å². The van der Waals surface area contributed by atoms with Crippen LogP contribution in [0.3, 0.4) is 0 Å². The zero-order chi connectivity index (χ0) is 12.0. The van der Waals surface area contributed by atoms with Gasteiger partial charge >= 0.3 is 0 Å². The van der Waals surface area contributed by atoms with Crippen molar-refractivity contribution in [3.8, 4) is 0 Å². The van der Waals surface area contributed by atoms with Crippen LogP contribution in [0.1, 0.15) is 29.5 Å². The van der Waals surface area contributed by atoms with E-state index < -0.39 is 15.1 Å². The predicted octanol–water partition coefficient (Wildman–Crippen LogP) is 1.89. The Balaban J connectivity index is 2.16. The molecule has 1 fully saturated rings. The van der Waals surface area contributed by atoms with Gasteiger partial charge in [-0.25, -0.2) is 13.4 Å². The van der Waals surface area contributed by atoms with Crippen molar-refractivity contribution in [1.82, 2.24) is 9.38 Å². The fourth-order valence-corrected chi connectivity index (χ4v) is 4.31. The average Bonchev–Trinajstić information content (AvgIpc) is 2.81. The number of fused-ring (bicyclic) bond motifs is 1. The van der Waals surface area contributed by atoms with Gasteiger partial charge in [-0.2, -0.15) is 0 Å². The summed E-state index contributed by atoms with van der Waals surface area (Å²) >= 11 is 0. The van der Waals surface area contributed by atoms with Gasteiger partial charge in [0.1, 0.15) is 10.9 Å². The highest BCUT2D eigenvalue weighted by molar-refractivity contribution is 7.91. The molecule has 4 nitrogen and oxygen atoms in total. The van der Waals surface area contributed by atoms with Crippen LogP contribution in [0.15, 0.2) is 24.4 Å². The van der Waals surface area contributed by atoms with E-state index in [0.29, 0.717) is 17.9 Å². The third kappa shape index (κ3) is 1.65. The van der Waals surface area contributed by atoms with Crippen LogP contribution in [0.5, 0.6) is 0 Å². The lowest BCUT2D eigenvalue weighted by Gasteiger charge is -2.03. The minimum absolute atomic E-state index is 0.296. The quantitative estimate of drug-likeness (QED) is 0.776. The molecule has 0 amide bonds. The van der Waals surface area contributed by atoms with Crippen molar-refractivity contribution < 1.29 is 8.42 Å². The summed E-state index contributed by atoms with van der Waals surface area (Å²) in [4.78, 5) is 4.43. The molecular weight excluding hydrogens is 236 g/mol. The van der Waals surface area contributed by atoms with Crippen LogP contribution in [0.2, 0.25) is 0 Å². The molecule has 3 heterocycles. The topological polar surface area (TPSA) is 51.4 Å². The number of imidazole rings is 1. The lowest BCUT2D eigenvalue weighted by molar-refractivity contribution is 0.591. The van der Waals surface area contributed by atoms with Crippen molar-refractivity contribution in [2.24, 2.45) is 0 Å². The molecule has 2 aromatic heterocycles. The van der Waals surface area contributed by atoms with E-state index in [2.05, 4.69) is 4.98 Å². The fourth-order valence-electron chi connectivity index (χ4n) is 2.45. The highest BCUT2D eigenvalue weighted by Gasteiger charge is 2.34. The monoisotopic (exact) mass is 250 g/mol. The SMILES string of the molecule is Cc1cccc2nc(C3CCCS3(=O)=O)cn12. The summed E-state index contributed by atoms with van der Waals surface area (Å²) in [6, 6.07) is 5.82. The number of aryl methyl sites for hydroxylation is 1. The lowest BCUT2D eigenvalue weighted by atomic mass is 10.2. The highest BCUT2D eigenvalue weighted by Crippen LogP contribution is 2.34. The second-order valence-electron chi connectivity index (χ2n) is 4.56. The second kappa shape index (κ2) is 3.57. The van der Waals surface area contributed by atoms with E-state index >= 15 is 0 Å². The smallest absolute Gasteiger partial charge is 0.158 e. The summed E-state index contributed by atoms with van der Waals surface area (Å²) in [5.74, 6) is 0.296. The number of sulfone groups is 1. The molecule has 2 aromatic rings. The van der Waals surface area contributed by atoms with E-state index in [4.69, 9.17) is 0 Å². The number of pyridine rings is 1. The summed E-state index contributed by atoms with van der Waals surface area (Å²) in [5.41, 5.74) is 2.58. The molecule has 0 bridgehead atoms. The van der Waals surface area contributed by atoms with Gasteiger partial charge in [-0.1, -0.05) is 6.07 Å². The van der Waals surface area contributed by atoms with Gasteiger partial charge in [0.05, 0.1) is 11.4 Å². The normalized spacial score (nSPS) is 23.2.